The molecule has 0 saturated heterocycles. The van der Waals surface area contributed by atoms with Gasteiger partial charge in [0.25, 0.3) is 0 Å². The van der Waals surface area contributed by atoms with Crippen LogP contribution in [0.15, 0.2) is 54.6 Å². The van der Waals surface area contributed by atoms with Gasteiger partial charge in [-0.25, -0.2) is 0 Å². The summed E-state index contributed by atoms with van der Waals surface area (Å²) in [5, 5.41) is 10.9. The van der Waals surface area contributed by atoms with Crippen molar-refractivity contribution >= 4 is 5.97 Å². The molecule has 2 rings (SSSR count). The Morgan fingerprint density at radius 2 is 1.47 bits per heavy atom. The third kappa shape index (κ3) is 1.89. The largest absolute Gasteiger partial charge is 0.545 e. The van der Waals surface area contributed by atoms with Gasteiger partial charge >= 0.3 is 0 Å². The number of carboxylic acids is 1. The summed E-state index contributed by atoms with van der Waals surface area (Å²) in [5.74, 6) is -1.14. The van der Waals surface area contributed by atoms with Gasteiger partial charge in [-0.05, 0) is 11.1 Å². The fourth-order valence-electron chi connectivity index (χ4n) is 1.53. The van der Waals surface area contributed by atoms with E-state index in [0.717, 1.165) is 5.56 Å². The molecule has 0 unspecified atom stereocenters. The van der Waals surface area contributed by atoms with E-state index < -0.39 is 5.97 Å². The molecule has 74 valence electrons. The monoisotopic (exact) mass is 197 g/mol. The van der Waals surface area contributed by atoms with Crippen molar-refractivity contribution in [1.82, 2.24) is 0 Å². The molecule has 0 bridgehead atoms. The Balaban J connectivity index is 2.58. The summed E-state index contributed by atoms with van der Waals surface area (Å²) in [4.78, 5) is 10.9. The van der Waals surface area contributed by atoms with Crippen molar-refractivity contribution in [3.8, 4) is 11.1 Å². The van der Waals surface area contributed by atoms with Gasteiger partial charge in [-0.15, -0.1) is 0 Å². The van der Waals surface area contributed by atoms with Crippen LogP contribution >= 0.6 is 0 Å². The second kappa shape index (κ2) is 3.96. The average molecular weight is 197 g/mol. The number of aromatic carboxylic acids is 1. The Labute approximate surface area is 87.8 Å². The first-order valence-electron chi connectivity index (χ1n) is 4.65. The van der Waals surface area contributed by atoms with Crippen LogP contribution in [0.3, 0.4) is 0 Å². The highest BCUT2D eigenvalue weighted by Crippen LogP contribution is 2.22. The summed E-state index contributed by atoms with van der Waals surface area (Å²) in [7, 11) is 0. The summed E-state index contributed by atoms with van der Waals surface area (Å²) in [6.07, 6.45) is 0. The molecule has 0 aliphatic carbocycles. The van der Waals surface area contributed by atoms with E-state index in [-0.39, 0.29) is 5.56 Å². The van der Waals surface area contributed by atoms with Crippen molar-refractivity contribution in [2.45, 2.75) is 0 Å². The van der Waals surface area contributed by atoms with Crippen molar-refractivity contribution in [3.63, 3.8) is 0 Å². The molecule has 0 radical (unpaired) electrons. The third-order valence-corrected chi connectivity index (χ3v) is 2.23. The summed E-state index contributed by atoms with van der Waals surface area (Å²) in [6, 6.07) is 16.2. The van der Waals surface area contributed by atoms with Crippen LogP contribution in [-0.4, -0.2) is 5.97 Å². The maximum atomic E-state index is 10.9. The lowest BCUT2D eigenvalue weighted by molar-refractivity contribution is -0.254. The van der Waals surface area contributed by atoms with Crippen LogP contribution in [0.4, 0.5) is 0 Å². The second-order valence-corrected chi connectivity index (χ2v) is 3.20. The molecule has 0 fully saturated rings. The zero-order valence-electron chi connectivity index (χ0n) is 8.01. The maximum absolute atomic E-state index is 10.9. The molecule has 0 saturated carbocycles. The van der Waals surface area contributed by atoms with Crippen LogP contribution in [0.5, 0.6) is 0 Å². The molecule has 0 spiro atoms. The van der Waals surface area contributed by atoms with Crippen LogP contribution in [0.25, 0.3) is 11.1 Å². The van der Waals surface area contributed by atoms with Crippen LogP contribution < -0.4 is 5.11 Å². The maximum Gasteiger partial charge on any atom is 0.0721 e. The molecule has 0 heterocycles. The highest BCUT2D eigenvalue weighted by atomic mass is 16.4. The zero-order valence-corrected chi connectivity index (χ0v) is 8.01. The van der Waals surface area contributed by atoms with Crippen LogP contribution in [-0.2, 0) is 0 Å². The van der Waals surface area contributed by atoms with E-state index in [4.69, 9.17) is 0 Å². The number of carbonyl (C=O) groups excluding carboxylic acids is 1. The van der Waals surface area contributed by atoms with E-state index in [0.29, 0.717) is 5.56 Å². The fraction of sp³-hybridized carbons (Fsp3) is 0. The van der Waals surface area contributed by atoms with Gasteiger partial charge in [-0.2, -0.15) is 0 Å². The zero-order chi connectivity index (χ0) is 10.7. The summed E-state index contributed by atoms with van der Waals surface area (Å²) >= 11 is 0. The lowest BCUT2D eigenvalue weighted by atomic mass is 10.00. The van der Waals surface area contributed by atoms with Crippen molar-refractivity contribution < 1.29 is 9.90 Å². The molecule has 0 aliphatic rings. The number of carboxylic acid groups (broad SMARTS) is 1. The van der Waals surface area contributed by atoms with Gasteiger partial charge in [0.1, 0.15) is 0 Å². The first-order valence-corrected chi connectivity index (χ1v) is 4.65. The minimum atomic E-state index is -1.14. The van der Waals surface area contributed by atoms with E-state index in [2.05, 4.69) is 0 Å². The van der Waals surface area contributed by atoms with Gasteiger partial charge in [-0.1, -0.05) is 54.6 Å². The quantitative estimate of drug-likeness (QED) is 0.735. The number of carbonyl (C=O) groups is 1. The molecule has 2 nitrogen and oxygen atoms in total. The summed E-state index contributed by atoms with van der Waals surface area (Å²) < 4.78 is 0. The van der Waals surface area contributed by atoms with Gasteiger partial charge in [-0.3, -0.25) is 0 Å². The minimum Gasteiger partial charge on any atom is -0.545 e. The van der Waals surface area contributed by atoms with Gasteiger partial charge in [0.15, 0.2) is 0 Å². The van der Waals surface area contributed by atoms with E-state index in [1.54, 1.807) is 18.2 Å². The lowest BCUT2D eigenvalue weighted by Crippen LogP contribution is -2.22. The van der Waals surface area contributed by atoms with Gasteiger partial charge < -0.3 is 9.90 Å². The molecule has 0 N–H and O–H groups in total. The number of hydrogen-bond donors (Lipinski definition) is 0. The number of rotatable bonds is 2. The topological polar surface area (TPSA) is 40.1 Å². The Bertz CT molecular complexity index is 475. The number of benzene rings is 2. The highest BCUT2D eigenvalue weighted by Gasteiger charge is 2.03. The predicted molar refractivity (Wildman–Crippen MR) is 56.2 cm³/mol. The standard InChI is InChI=1S/C13H10O2/c14-13(15)12-9-5-4-8-11(12)10-6-2-1-3-7-10/h1-9H,(H,14,15)/p-1. The molecule has 2 aromatic carbocycles. The molecular formula is C13H9O2-. The van der Waals surface area contributed by atoms with Crippen LogP contribution in [0.1, 0.15) is 10.4 Å². The van der Waals surface area contributed by atoms with Gasteiger partial charge in [0.2, 0.25) is 0 Å². The SMILES string of the molecule is O=C([O-])c1ccccc1-c1ccccc1. The van der Waals surface area contributed by atoms with E-state index in [1.807, 2.05) is 36.4 Å². The normalized spacial score (nSPS) is 9.87. The Kier molecular flexibility index (Phi) is 2.50. The molecular weight excluding hydrogens is 188 g/mol. The summed E-state index contributed by atoms with van der Waals surface area (Å²) in [6.45, 7) is 0. The number of hydrogen-bond acceptors (Lipinski definition) is 2. The first-order chi connectivity index (χ1) is 7.29. The lowest BCUT2D eigenvalue weighted by Gasteiger charge is -2.09. The predicted octanol–water partition coefficient (Wildman–Crippen LogP) is 1.72. The first kappa shape index (κ1) is 9.46. The molecule has 15 heavy (non-hydrogen) atoms. The van der Waals surface area contributed by atoms with Crippen LogP contribution in [0, 0.1) is 0 Å². The van der Waals surface area contributed by atoms with Crippen molar-refractivity contribution in [3.05, 3.63) is 60.2 Å². The highest BCUT2D eigenvalue weighted by molar-refractivity contribution is 5.94. The molecule has 2 heteroatoms. The Morgan fingerprint density at radius 1 is 0.867 bits per heavy atom. The third-order valence-electron chi connectivity index (χ3n) is 2.23. The second-order valence-electron chi connectivity index (χ2n) is 3.20. The molecule has 0 amide bonds. The van der Waals surface area contributed by atoms with E-state index in [9.17, 15) is 9.90 Å². The molecule has 0 aromatic heterocycles. The van der Waals surface area contributed by atoms with Gasteiger partial charge in [0.05, 0.1) is 5.97 Å². The van der Waals surface area contributed by atoms with Crippen LogP contribution in [0.2, 0.25) is 0 Å². The average Bonchev–Trinajstić information content (AvgIpc) is 2.30. The van der Waals surface area contributed by atoms with Crippen molar-refractivity contribution in [1.29, 1.82) is 0 Å². The molecule has 0 atom stereocenters. The Morgan fingerprint density at radius 3 is 2.13 bits per heavy atom. The Hall–Kier alpha value is -2.09. The molecule has 0 aliphatic heterocycles. The smallest absolute Gasteiger partial charge is 0.0721 e. The van der Waals surface area contributed by atoms with Crippen molar-refractivity contribution in [2.75, 3.05) is 0 Å². The van der Waals surface area contributed by atoms with Crippen molar-refractivity contribution in [2.24, 2.45) is 0 Å². The minimum absolute atomic E-state index is 0.226. The van der Waals surface area contributed by atoms with E-state index in [1.165, 1.54) is 0 Å². The van der Waals surface area contributed by atoms with E-state index >= 15 is 0 Å². The fourth-order valence-corrected chi connectivity index (χ4v) is 1.53. The van der Waals surface area contributed by atoms with Gasteiger partial charge in [0, 0.05) is 5.56 Å². The molecule has 2 aromatic rings. The summed E-state index contributed by atoms with van der Waals surface area (Å²) in [5.41, 5.74) is 1.80.